The average Bonchev–Trinajstić information content (AvgIpc) is 1.97. The third kappa shape index (κ3) is 6.76. The fourth-order valence-corrected chi connectivity index (χ4v) is 1.33. The molecule has 0 spiro atoms. The van der Waals surface area contributed by atoms with Gasteiger partial charge in [-0.25, -0.2) is 0 Å². The highest BCUT2D eigenvalue weighted by molar-refractivity contribution is 7.84. The summed E-state index contributed by atoms with van der Waals surface area (Å²) in [5.74, 6) is 0.736. The van der Waals surface area contributed by atoms with Crippen molar-refractivity contribution < 1.29 is 9.32 Å². The van der Waals surface area contributed by atoms with Crippen LogP contribution in [0.3, 0.4) is 0 Å². The molecule has 3 atom stereocenters. The van der Waals surface area contributed by atoms with Gasteiger partial charge in [-0.05, 0) is 26.8 Å². The Morgan fingerprint density at radius 1 is 1.50 bits per heavy atom. The monoisotopic (exact) mass is 193 g/mol. The van der Waals surface area contributed by atoms with Crippen molar-refractivity contribution in [2.45, 2.75) is 32.4 Å². The van der Waals surface area contributed by atoms with Gasteiger partial charge in [0.05, 0.1) is 6.10 Å². The van der Waals surface area contributed by atoms with Crippen LogP contribution in [0.5, 0.6) is 0 Å². The first-order valence-electron chi connectivity index (χ1n) is 4.25. The fourth-order valence-electron chi connectivity index (χ4n) is 0.776. The molecule has 0 saturated carbocycles. The summed E-state index contributed by atoms with van der Waals surface area (Å²) in [6.45, 7) is 4.52. The van der Waals surface area contributed by atoms with E-state index in [9.17, 15) is 4.21 Å². The van der Waals surface area contributed by atoms with Crippen LogP contribution in [0.15, 0.2) is 0 Å². The lowest BCUT2D eigenvalue weighted by Crippen LogP contribution is -2.36. The SMILES string of the molecule is CC(O)C(C)NCCCS(C)=O. The van der Waals surface area contributed by atoms with Crippen LogP contribution >= 0.6 is 0 Å². The highest BCUT2D eigenvalue weighted by Gasteiger charge is 2.06. The molecule has 0 rings (SSSR count). The van der Waals surface area contributed by atoms with Gasteiger partial charge in [0.25, 0.3) is 0 Å². The minimum atomic E-state index is -0.693. The first-order chi connectivity index (χ1) is 5.54. The van der Waals surface area contributed by atoms with Crippen LogP contribution in [0.25, 0.3) is 0 Å². The predicted molar refractivity (Wildman–Crippen MR) is 52.7 cm³/mol. The lowest BCUT2D eigenvalue weighted by molar-refractivity contribution is 0.153. The molecule has 3 nitrogen and oxygen atoms in total. The average molecular weight is 193 g/mol. The maximum absolute atomic E-state index is 10.7. The molecule has 74 valence electrons. The summed E-state index contributed by atoms with van der Waals surface area (Å²) in [5.41, 5.74) is 0. The zero-order valence-corrected chi connectivity index (χ0v) is 8.86. The van der Waals surface area contributed by atoms with E-state index in [2.05, 4.69) is 5.32 Å². The molecular formula is C8H19NO2S. The molecule has 0 aromatic carbocycles. The van der Waals surface area contributed by atoms with E-state index < -0.39 is 10.8 Å². The summed E-state index contributed by atoms with van der Waals surface area (Å²) in [5, 5.41) is 12.3. The Balaban J connectivity index is 3.25. The van der Waals surface area contributed by atoms with E-state index in [1.54, 1.807) is 13.2 Å². The van der Waals surface area contributed by atoms with Crippen molar-refractivity contribution in [2.75, 3.05) is 18.6 Å². The Morgan fingerprint density at radius 3 is 2.50 bits per heavy atom. The van der Waals surface area contributed by atoms with Crippen molar-refractivity contribution in [3.8, 4) is 0 Å². The van der Waals surface area contributed by atoms with Gasteiger partial charge in [-0.2, -0.15) is 0 Å². The molecule has 0 fully saturated rings. The third-order valence-electron chi connectivity index (χ3n) is 1.80. The van der Waals surface area contributed by atoms with Crippen molar-refractivity contribution in [1.29, 1.82) is 0 Å². The second-order valence-corrected chi connectivity index (χ2v) is 4.67. The molecule has 12 heavy (non-hydrogen) atoms. The van der Waals surface area contributed by atoms with E-state index in [-0.39, 0.29) is 12.1 Å². The van der Waals surface area contributed by atoms with Crippen molar-refractivity contribution in [1.82, 2.24) is 5.32 Å². The van der Waals surface area contributed by atoms with Gasteiger partial charge in [0.1, 0.15) is 0 Å². The quantitative estimate of drug-likeness (QED) is 0.589. The van der Waals surface area contributed by atoms with Crippen LogP contribution < -0.4 is 5.32 Å². The molecule has 0 aromatic rings. The van der Waals surface area contributed by atoms with Crippen molar-refractivity contribution in [3.63, 3.8) is 0 Å². The molecule has 0 heterocycles. The summed E-state index contributed by atoms with van der Waals surface area (Å²) < 4.78 is 10.7. The van der Waals surface area contributed by atoms with Gasteiger partial charge in [-0.3, -0.25) is 4.21 Å². The molecule has 0 saturated heterocycles. The van der Waals surface area contributed by atoms with Gasteiger partial charge in [-0.15, -0.1) is 0 Å². The van der Waals surface area contributed by atoms with E-state index >= 15 is 0 Å². The van der Waals surface area contributed by atoms with Crippen LogP contribution in [-0.2, 0) is 10.8 Å². The summed E-state index contributed by atoms with van der Waals surface area (Å²) in [6.07, 6.45) is 2.29. The largest absolute Gasteiger partial charge is 0.392 e. The van der Waals surface area contributed by atoms with Crippen LogP contribution in [0.4, 0.5) is 0 Å². The van der Waals surface area contributed by atoms with Gasteiger partial charge in [0, 0.05) is 28.9 Å². The molecular weight excluding hydrogens is 174 g/mol. The van der Waals surface area contributed by atoms with E-state index in [0.717, 1.165) is 18.7 Å². The molecule has 0 bridgehead atoms. The van der Waals surface area contributed by atoms with Gasteiger partial charge < -0.3 is 10.4 Å². The number of rotatable bonds is 6. The van der Waals surface area contributed by atoms with Gasteiger partial charge in [0.2, 0.25) is 0 Å². The van der Waals surface area contributed by atoms with Crippen molar-refractivity contribution in [3.05, 3.63) is 0 Å². The van der Waals surface area contributed by atoms with Crippen molar-refractivity contribution in [2.24, 2.45) is 0 Å². The van der Waals surface area contributed by atoms with Gasteiger partial charge >= 0.3 is 0 Å². The first kappa shape index (κ1) is 12.1. The van der Waals surface area contributed by atoms with E-state index in [0.29, 0.717) is 0 Å². The fraction of sp³-hybridized carbons (Fsp3) is 1.00. The molecule has 0 aromatic heterocycles. The zero-order chi connectivity index (χ0) is 9.56. The topological polar surface area (TPSA) is 49.3 Å². The molecule has 4 heteroatoms. The predicted octanol–water partition coefficient (Wildman–Crippen LogP) is 0.114. The maximum Gasteiger partial charge on any atom is 0.0662 e. The Morgan fingerprint density at radius 2 is 2.08 bits per heavy atom. The van der Waals surface area contributed by atoms with Gasteiger partial charge in [0.15, 0.2) is 0 Å². The van der Waals surface area contributed by atoms with Crippen LogP contribution in [0, 0.1) is 0 Å². The molecule has 3 unspecified atom stereocenters. The number of nitrogens with one attached hydrogen (secondary N) is 1. The summed E-state index contributed by atoms with van der Waals surface area (Å²) in [4.78, 5) is 0. The number of hydrogen-bond donors (Lipinski definition) is 2. The molecule has 0 radical (unpaired) electrons. The minimum Gasteiger partial charge on any atom is -0.392 e. The lowest BCUT2D eigenvalue weighted by atomic mass is 10.2. The third-order valence-corrected chi connectivity index (χ3v) is 2.66. The molecule has 0 aliphatic rings. The molecule has 0 amide bonds. The van der Waals surface area contributed by atoms with E-state index in [1.807, 2.05) is 6.92 Å². The number of hydrogen-bond acceptors (Lipinski definition) is 3. The second-order valence-electron chi connectivity index (χ2n) is 3.11. The van der Waals surface area contributed by atoms with Crippen LogP contribution in [0.1, 0.15) is 20.3 Å². The zero-order valence-electron chi connectivity index (χ0n) is 8.04. The Bertz CT molecular complexity index is 139. The Labute approximate surface area is 77.0 Å². The highest BCUT2D eigenvalue weighted by atomic mass is 32.2. The molecule has 0 aliphatic carbocycles. The smallest absolute Gasteiger partial charge is 0.0662 e. The van der Waals surface area contributed by atoms with Gasteiger partial charge in [-0.1, -0.05) is 0 Å². The second kappa shape index (κ2) is 6.57. The lowest BCUT2D eigenvalue weighted by Gasteiger charge is -2.15. The normalized spacial score (nSPS) is 18.7. The number of aliphatic hydroxyl groups is 1. The first-order valence-corrected chi connectivity index (χ1v) is 5.98. The van der Waals surface area contributed by atoms with E-state index in [1.165, 1.54) is 0 Å². The Kier molecular flexibility index (Phi) is 6.61. The van der Waals surface area contributed by atoms with E-state index in [4.69, 9.17) is 5.11 Å². The Hall–Kier alpha value is 0.0700. The molecule has 2 N–H and O–H groups in total. The summed E-state index contributed by atoms with van der Waals surface area (Å²) >= 11 is 0. The summed E-state index contributed by atoms with van der Waals surface area (Å²) in [6, 6.07) is 0.121. The molecule has 0 aliphatic heterocycles. The standard InChI is InChI=1S/C8H19NO2S/c1-7(8(2)10)9-5-4-6-12(3)11/h7-10H,4-6H2,1-3H3. The van der Waals surface area contributed by atoms with Crippen LogP contribution in [-0.4, -0.2) is 40.0 Å². The van der Waals surface area contributed by atoms with Crippen LogP contribution in [0.2, 0.25) is 0 Å². The minimum absolute atomic E-state index is 0.121. The summed E-state index contributed by atoms with van der Waals surface area (Å²) in [7, 11) is -0.693. The highest BCUT2D eigenvalue weighted by Crippen LogP contribution is 1.90. The number of aliphatic hydroxyl groups excluding tert-OH is 1. The maximum atomic E-state index is 10.7. The van der Waals surface area contributed by atoms with Crippen molar-refractivity contribution >= 4 is 10.8 Å².